The molecule has 1 amide bonds. The first kappa shape index (κ1) is 30.9. The minimum Gasteiger partial charge on any atom is -0.404 e. The Balaban J connectivity index is 1.61. The smallest absolute Gasteiger partial charge is 0.404 e. The topological polar surface area (TPSA) is 127 Å². The quantitative estimate of drug-likeness (QED) is 0.393. The Morgan fingerprint density at radius 3 is 2.29 bits per heavy atom. The van der Waals surface area contributed by atoms with Gasteiger partial charge in [0.1, 0.15) is 18.0 Å². The van der Waals surface area contributed by atoms with Gasteiger partial charge in [0.2, 0.25) is 11.7 Å². The van der Waals surface area contributed by atoms with Gasteiger partial charge >= 0.3 is 12.5 Å². The van der Waals surface area contributed by atoms with Gasteiger partial charge in [0.05, 0.1) is 24.1 Å². The second kappa shape index (κ2) is 11.3. The zero-order valence-corrected chi connectivity index (χ0v) is 21.8. The molecular formula is C23H18F8N6O4S. The number of carbonyl (C=O) groups excluding carboxylic acids is 1. The van der Waals surface area contributed by atoms with Crippen LogP contribution in [0.4, 0.5) is 35.1 Å². The van der Waals surface area contributed by atoms with Crippen molar-refractivity contribution in [3.63, 3.8) is 0 Å². The van der Waals surface area contributed by atoms with Crippen LogP contribution < -0.4 is 10.1 Å². The van der Waals surface area contributed by atoms with Crippen LogP contribution in [0, 0.1) is 5.82 Å². The van der Waals surface area contributed by atoms with Crippen LogP contribution in [0.2, 0.25) is 0 Å². The van der Waals surface area contributed by atoms with Crippen molar-refractivity contribution in [2.24, 2.45) is 0 Å². The third-order valence-electron chi connectivity index (χ3n) is 6.05. The Hall–Kier alpha value is -4.00. The third kappa shape index (κ3) is 6.72. The fourth-order valence-corrected chi connectivity index (χ4v) is 5.82. The lowest BCUT2D eigenvalue weighted by molar-refractivity contribution is -0.275. The number of hydrogen-bond donors (Lipinski definition) is 1. The average molecular weight is 626 g/mol. The molecule has 0 unspecified atom stereocenters. The van der Waals surface area contributed by atoms with Crippen LogP contribution in [0.5, 0.6) is 5.75 Å². The van der Waals surface area contributed by atoms with Gasteiger partial charge in [-0.15, -0.1) is 13.2 Å². The number of halogens is 8. The molecule has 3 atom stereocenters. The molecule has 0 saturated carbocycles. The van der Waals surface area contributed by atoms with E-state index < -0.39 is 82.1 Å². The molecule has 0 radical (unpaired) electrons. The summed E-state index contributed by atoms with van der Waals surface area (Å²) in [4.78, 5) is 26.6. The number of pyridine rings is 2. The van der Waals surface area contributed by atoms with Gasteiger partial charge in [-0.25, -0.2) is 32.2 Å². The summed E-state index contributed by atoms with van der Waals surface area (Å²) in [7, 11) is -4.63. The molecule has 42 heavy (non-hydrogen) atoms. The largest absolute Gasteiger partial charge is 0.573 e. The molecule has 4 heterocycles. The monoisotopic (exact) mass is 626 g/mol. The molecule has 1 N–H and O–H groups in total. The highest BCUT2D eigenvalue weighted by Crippen LogP contribution is 2.34. The molecule has 0 spiro atoms. The summed E-state index contributed by atoms with van der Waals surface area (Å²) in [5.41, 5.74) is -0.682. The minimum atomic E-state index is -5.20. The predicted molar refractivity (Wildman–Crippen MR) is 125 cm³/mol. The van der Waals surface area contributed by atoms with Gasteiger partial charge in [-0.2, -0.15) is 17.5 Å². The second-order valence-corrected chi connectivity index (χ2v) is 10.7. The zero-order chi connectivity index (χ0) is 31.0. The lowest BCUT2D eigenvalue weighted by Gasteiger charge is -2.26. The van der Waals surface area contributed by atoms with E-state index in [0.717, 1.165) is 30.6 Å². The van der Waals surface area contributed by atoms with E-state index in [2.05, 4.69) is 30.0 Å². The molecule has 1 aliphatic rings. The molecule has 1 saturated heterocycles. The molecule has 19 heteroatoms. The minimum absolute atomic E-state index is 0.122. The van der Waals surface area contributed by atoms with E-state index in [0.29, 0.717) is 16.7 Å². The summed E-state index contributed by atoms with van der Waals surface area (Å²) >= 11 is 0. The van der Waals surface area contributed by atoms with Gasteiger partial charge in [0, 0.05) is 36.5 Å². The Bertz CT molecular complexity index is 1550. The molecule has 0 aliphatic carbocycles. The Morgan fingerprint density at radius 1 is 1.05 bits per heavy atom. The highest BCUT2D eigenvalue weighted by molar-refractivity contribution is 7.89. The van der Waals surface area contributed by atoms with Crippen LogP contribution in [0.3, 0.4) is 0 Å². The third-order valence-corrected chi connectivity index (χ3v) is 7.97. The number of sulfonamides is 1. The molecule has 4 rings (SSSR count). The van der Waals surface area contributed by atoms with Crippen LogP contribution in [0.25, 0.3) is 11.3 Å². The molecule has 3 aromatic heterocycles. The van der Waals surface area contributed by atoms with Crippen molar-refractivity contribution in [3.05, 3.63) is 60.2 Å². The first-order chi connectivity index (χ1) is 19.5. The molecule has 1 fully saturated rings. The normalized spacial score (nSPS) is 20.0. The fraction of sp³-hybridized carbons (Fsp3) is 0.348. The Kier molecular flexibility index (Phi) is 8.36. The molecule has 1 aliphatic heterocycles. The zero-order valence-electron chi connectivity index (χ0n) is 21.0. The first-order valence-electron chi connectivity index (χ1n) is 11.7. The van der Waals surface area contributed by atoms with Crippen LogP contribution in [0.15, 0.2) is 48.0 Å². The van der Waals surface area contributed by atoms with E-state index in [-0.39, 0.29) is 16.8 Å². The van der Waals surface area contributed by atoms with E-state index in [9.17, 15) is 48.3 Å². The number of nitrogens with one attached hydrogen (secondary N) is 1. The van der Waals surface area contributed by atoms with Gasteiger partial charge in [-0.05, 0) is 25.1 Å². The van der Waals surface area contributed by atoms with E-state index in [1.165, 1.54) is 6.92 Å². The van der Waals surface area contributed by atoms with Crippen molar-refractivity contribution in [1.82, 2.24) is 29.6 Å². The van der Waals surface area contributed by atoms with Gasteiger partial charge < -0.3 is 10.1 Å². The number of carbonyl (C=O) groups is 1. The predicted octanol–water partition coefficient (Wildman–Crippen LogP) is 3.80. The first-order valence-corrected chi connectivity index (χ1v) is 13.1. The van der Waals surface area contributed by atoms with Crippen molar-refractivity contribution in [1.29, 1.82) is 0 Å². The maximum Gasteiger partial charge on any atom is 0.573 e. The molecular weight excluding hydrogens is 608 g/mol. The number of amides is 1. The summed E-state index contributed by atoms with van der Waals surface area (Å²) in [6.45, 7) is 0.460. The number of nitrogens with zero attached hydrogens (tertiary/aromatic N) is 5. The van der Waals surface area contributed by atoms with Crippen molar-refractivity contribution in [2.75, 3.05) is 0 Å². The number of aromatic nitrogens is 4. The second-order valence-electron chi connectivity index (χ2n) is 8.89. The van der Waals surface area contributed by atoms with Crippen molar-refractivity contribution in [2.45, 2.75) is 55.7 Å². The van der Waals surface area contributed by atoms with Crippen molar-refractivity contribution >= 4 is 15.9 Å². The maximum atomic E-state index is 14.6. The molecule has 226 valence electrons. The van der Waals surface area contributed by atoms with Gasteiger partial charge in [0.25, 0.3) is 10.0 Å². The van der Waals surface area contributed by atoms with Gasteiger partial charge in [-0.1, -0.05) is 0 Å². The molecule has 3 aromatic rings. The maximum absolute atomic E-state index is 14.6. The van der Waals surface area contributed by atoms with E-state index in [4.69, 9.17) is 0 Å². The van der Waals surface area contributed by atoms with Crippen LogP contribution in [-0.4, -0.2) is 63.2 Å². The number of rotatable bonds is 7. The molecule has 0 aromatic carbocycles. The van der Waals surface area contributed by atoms with Crippen LogP contribution >= 0.6 is 0 Å². The molecule has 10 nitrogen and oxygen atoms in total. The van der Waals surface area contributed by atoms with E-state index in [1.54, 1.807) is 0 Å². The summed E-state index contributed by atoms with van der Waals surface area (Å²) in [6, 6.07) is -0.438. The number of ether oxygens (including phenoxy) is 1. The SMILES string of the molecule is C[C@@H]1[C@H](F)C[C@H](C(=O)NCc2cc(-c3cnc(C(F)(F)F)nc3)ncc2OC(F)(F)F)N1S(=O)(=O)c1ccc(F)cn1. The van der Waals surface area contributed by atoms with Gasteiger partial charge in [0.15, 0.2) is 10.8 Å². The lowest BCUT2D eigenvalue weighted by Crippen LogP contribution is -2.48. The van der Waals surface area contributed by atoms with Crippen LogP contribution in [0.1, 0.15) is 24.7 Å². The highest BCUT2D eigenvalue weighted by atomic mass is 32.2. The fourth-order valence-electron chi connectivity index (χ4n) is 4.09. The lowest BCUT2D eigenvalue weighted by atomic mass is 10.1. The number of alkyl halides is 7. The van der Waals surface area contributed by atoms with Crippen LogP contribution in [-0.2, 0) is 27.5 Å². The van der Waals surface area contributed by atoms with Gasteiger partial charge in [-0.3, -0.25) is 9.78 Å². The standard InChI is InChI=1S/C23H18F8N6O4S/c1-11-15(25)5-17(37(11)42(39,40)19-3-2-14(24)9-33-19)20(38)34-6-12-4-16(32-10-18(12)41-23(29,30)31)13-7-35-21(36-8-13)22(26,27)28/h2-4,7-11,15,17H,5-6H2,1H3,(H,34,38)/t11-,15-,17-/m1/s1. The molecule has 0 bridgehead atoms. The van der Waals surface area contributed by atoms with Crippen molar-refractivity contribution in [3.8, 4) is 17.0 Å². The summed E-state index contributed by atoms with van der Waals surface area (Å²) in [6.07, 6.45) is -9.78. The van der Waals surface area contributed by atoms with E-state index >= 15 is 0 Å². The van der Waals surface area contributed by atoms with E-state index in [1.807, 2.05) is 0 Å². The summed E-state index contributed by atoms with van der Waals surface area (Å²) in [5, 5.41) is 1.57. The number of hydrogen-bond acceptors (Lipinski definition) is 8. The average Bonchev–Trinajstić information content (AvgIpc) is 3.21. The van der Waals surface area contributed by atoms with Crippen molar-refractivity contribution < 1.29 is 53.1 Å². The highest BCUT2D eigenvalue weighted by Gasteiger charge is 2.49. The Labute approximate surface area is 231 Å². The summed E-state index contributed by atoms with van der Waals surface area (Å²) in [5.74, 6) is -4.30. The summed E-state index contributed by atoms with van der Waals surface area (Å²) < 4.78 is 136. The Morgan fingerprint density at radius 2 is 1.71 bits per heavy atom.